The number of amides is 2. The second-order valence-corrected chi connectivity index (χ2v) is 13.8. The summed E-state index contributed by atoms with van der Waals surface area (Å²) in [5.74, 6) is -0.755. The largest absolute Gasteiger partial charge is 0.371 e. The number of hydrogen-bond donors (Lipinski definition) is 2. The molecular weight excluding hydrogens is 588 g/mol. The number of ketones is 1. The fraction of sp³-hybridized carbons (Fsp3) is 0.395. The van der Waals surface area contributed by atoms with E-state index < -0.39 is 5.41 Å². The lowest BCUT2D eigenvalue weighted by molar-refractivity contribution is -0.134. The number of benzene rings is 2. The van der Waals surface area contributed by atoms with E-state index in [1.165, 1.54) is 11.3 Å². The van der Waals surface area contributed by atoms with Gasteiger partial charge >= 0.3 is 0 Å². The maximum absolute atomic E-state index is 14.1. The summed E-state index contributed by atoms with van der Waals surface area (Å²) >= 11 is 0. The van der Waals surface area contributed by atoms with Crippen molar-refractivity contribution in [3.63, 3.8) is 0 Å². The van der Waals surface area contributed by atoms with Gasteiger partial charge in [-0.25, -0.2) is 0 Å². The molecular formula is C38H40N6O3. The van der Waals surface area contributed by atoms with Crippen molar-refractivity contribution in [1.29, 1.82) is 5.26 Å². The van der Waals surface area contributed by atoms with Crippen LogP contribution < -0.4 is 10.2 Å². The minimum absolute atomic E-state index is 0.0413. The summed E-state index contributed by atoms with van der Waals surface area (Å²) in [4.78, 5) is 51.1. The normalized spacial score (nSPS) is 19.4. The quantitative estimate of drug-likeness (QED) is 0.271. The van der Waals surface area contributed by atoms with Crippen LogP contribution in [0.3, 0.4) is 0 Å². The van der Waals surface area contributed by atoms with E-state index in [1.54, 1.807) is 18.5 Å². The summed E-state index contributed by atoms with van der Waals surface area (Å²) < 4.78 is 0. The van der Waals surface area contributed by atoms with Crippen LogP contribution in [0.15, 0.2) is 48.8 Å². The fourth-order valence-corrected chi connectivity index (χ4v) is 7.99. The minimum atomic E-state index is -0.422. The summed E-state index contributed by atoms with van der Waals surface area (Å²) in [7, 11) is 2.15. The van der Waals surface area contributed by atoms with Gasteiger partial charge < -0.3 is 9.88 Å². The van der Waals surface area contributed by atoms with Crippen molar-refractivity contribution < 1.29 is 14.4 Å². The molecule has 47 heavy (non-hydrogen) atoms. The number of imide groups is 1. The Morgan fingerprint density at radius 1 is 1.06 bits per heavy atom. The monoisotopic (exact) mass is 628 g/mol. The molecule has 2 amide bonds. The number of H-pyrrole nitrogens is 1. The number of aryl methyl sites for hydroxylation is 1. The van der Waals surface area contributed by atoms with E-state index in [0.717, 1.165) is 76.8 Å². The van der Waals surface area contributed by atoms with Crippen molar-refractivity contribution in [2.24, 2.45) is 0 Å². The number of nitrogens with one attached hydrogen (secondary N) is 2. The zero-order valence-electron chi connectivity index (χ0n) is 27.4. The number of hydrogen-bond acceptors (Lipinski definition) is 7. The van der Waals surface area contributed by atoms with E-state index in [2.05, 4.69) is 71.1 Å². The third-order valence-corrected chi connectivity index (χ3v) is 10.7. The SMILES string of the molecule is CCc1cc2c(cc1N1CCC(N(C)Cc3ccncc3C3CCC(=O)NC3=O)CC1)C(C)(C)c1[nH]c3cc(C#N)ccc3c1C2=O. The average molecular weight is 629 g/mol. The molecule has 7 rings (SSSR count). The van der Waals surface area contributed by atoms with Crippen LogP contribution in [0.5, 0.6) is 0 Å². The molecule has 2 fully saturated rings. The molecule has 3 aliphatic rings. The van der Waals surface area contributed by atoms with Crippen LogP contribution in [-0.2, 0) is 28.0 Å². The Labute approximate surface area is 275 Å². The lowest BCUT2D eigenvalue weighted by Crippen LogP contribution is -2.44. The van der Waals surface area contributed by atoms with E-state index in [1.807, 2.05) is 18.2 Å². The highest BCUT2D eigenvalue weighted by atomic mass is 16.2. The number of nitrogens with zero attached hydrogens (tertiary/aromatic N) is 4. The summed E-state index contributed by atoms with van der Waals surface area (Å²) in [6.07, 6.45) is 7.22. The van der Waals surface area contributed by atoms with Gasteiger partial charge in [-0.05, 0) is 85.3 Å². The molecule has 9 heteroatoms. The fourth-order valence-electron chi connectivity index (χ4n) is 7.99. The molecule has 4 heterocycles. The van der Waals surface area contributed by atoms with Gasteiger partial charge in [-0.3, -0.25) is 29.6 Å². The van der Waals surface area contributed by atoms with Gasteiger partial charge in [0.25, 0.3) is 0 Å². The van der Waals surface area contributed by atoms with Crippen LogP contribution in [-0.4, -0.2) is 58.6 Å². The maximum Gasteiger partial charge on any atom is 0.234 e. The van der Waals surface area contributed by atoms with Crippen molar-refractivity contribution in [1.82, 2.24) is 20.2 Å². The van der Waals surface area contributed by atoms with Crippen LogP contribution in [0.2, 0.25) is 0 Å². The lowest BCUT2D eigenvalue weighted by Gasteiger charge is -2.40. The van der Waals surface area contributed by atoms with Crippen LogP contribution in [0.25, 0.3) is 10.9 Å². The van der Waals surface area contributed by atoms with Crippen LogP contribution in [0.1, 0.15) is 102 Å². The number of aromatic nitrogens is 2. The number of carbonyl (C=O) groups excluding carboxylic acids is 3. The molecule has 1 atom stereocenters. The highest BCUT2D eigenvalue weighted by Crippen LogP contribution is 2.46. The second kappa shape index (κ2) is 11.8. The zero-order chi connectivity index (χ0) is 33.0. The first-order chi connectivity index (χ1) is 22.6. The van der Waals surface area contributed by atoms with Crippen molar-refractivity contribution in [3.8, 4) is 6.07 Å². The van der Waals surface area contributed by atoms with Gasteiger partial charge in [-0.2, -0.15) is 5.26 Å². The third kappa shape index (κ3) is 5.21. The van der Waals surface area contributed by atoms with E-state index in [4.69, 9.17) is 0 Å². The second-order valence-electron chi connectivity index (χ2n) is 13.8. The molecule has 0 spiro atoms. The summed E-state index contributed by atoms with van der Waals surface area (Å²) in [5.41, 5.74) is 8.76. The van der Waals surface area contributed by atoms with Crippen molar-refractivity contribution >= 4 is 34.2 Å². The molecule has 1 aliphatic carbocycles. The van der Waals surface area contributed by atoms with Gasteiger partial charge in [0.05, 0.1) is 23.1 Å². The van der Waals surface area contributed by atoms with Gasteiger partial charge in [0.15, 0.2) is 5.78 Å². The van der Waals surface area contributed by atoms with Crippen molar-refractivity contribution in [2.75, 3.05) is 25.0 Å². The molecule has 2 aliphatic heterocycles. The number of rotatable bonds is 6. The summed E-state index contributed by atoms with van der Waals surface area (Å²) in [5, 5.41) is 12.8. The Kier molecular flexibility index (Phi) is 7.72. The number of anilines is 1. The Balaban J connectivity index is 1.11. The molecule has 4 aromatic rings. The minimum Gasteiger partial charge on any atom is -0.371 e. The van der Waals surface area contributed by atoms with E-state index >= 15 is 0 Å². The van der Waals surface area contributed by atoms with Crippen LogP contribution in [0, 0.1) is 11.3 Å². The number of nitriles is 1. The zero-order valence-corrected chi connectivity index (χ0v) is 27.4. The molecule has 9 nitrogen and oxygen atoms in total. The Morgan fingerprint density at radius 2 is 1.85 bits per heavy atom. The predicted molar refractivity (Wildman–Crippen MR) is 180 cm³/mol. The molecule has 1 unspecified atom stereocenters. The number of piperidine rings is 2. The van der Waals surface area contributed by atoms with Crippen LogP contribution in [0.4, 0.5) is 5.69 Å². The standard InChI is InChI=1S/C38H40N6O3/c1-5-23-17-28-30(38(2,3)36-34(35(28)46)27-7-6-22(19-39)16-31(27)41-36)18-32(23)44-14-11-25(12-15-44)43(4)21-24-10-13-40-20-29(24)26-8-9-33(45)42-37(26)47/h6-7,10,13,16-18,20,25-26,41H,5,8-9,11-12,14-15,21H2,1-4H3,(H,42,45,47). The Morgan fingerprint density at radius 3 is 2.57 bits per heavy atom. The molecule has 0 bridgehead atoms. The van der Waals surface area contributed by atoms with E-state index in [0.29, 0.717) is 31.0 Å². The molecule has 2 N–H and O–H groups in total. The Hall–Kier alpha value is -4.81. The predicted octanol–water partition coefficient (Wildman–Crippen LogP) is 5.49. The third-order valence-electron chi connectivity index (χ3n) is 10.7. The average Bonchev–Trinajstić information content (AvgIpc) is 3.47. The van der Waals surface area contributed by atoms with Gasteiger partial charge in [0.2, 0.25) is 11.8 Å². The van der Waals surface area contributed by atoms with Crippen molar-refractivity contribution in [2.45, 2.75) is 76.8 Å². The number of pyridine rings is 1. The first kappa shape index (κ1) is 30.8. The molecule has 240 valence electrons. The van der Waals surface area contributed by atoms with Crippen LogP contribution >= 0.6 is 0 Å². The first-order valence-corrected chi connectivity index (χ1v) is 16.6. The van der Waals surface area contributed by atoms with Gasteiger partial charge in [0, 0.05) is 77.8 Å². The maximum atomic E-state index is 14.1. The van der Waals surface area contributed by atoms with E-state index in [9.17, 15) is 19.6 Å². The highest BCUT2D eigenvalue weighted by molar-refractivity contribution is 6.20. The van der Waals surface area contributed by atoms with E-state index in [-0.39, 0.29) is 23.5 Å². The number of carbonyl (C=O) groups is 3. The highest BCUT2D eigenvalue weighted by Gasteiger charge is 2.41. The molecule has 0 saturated carbocycles. The smallest absolute Gasteiger partial charge is 0.234 e. The van der Waals surface area contributed by atoms with Gasteiger partial charge in [-0.15, -0.1) is 0 Å². The summed E-state index contributed by atoms with van der Waals surface area (Å²) in [6.45, 7) is 9.02. The van der Waals surface area contributed by atoms with Gasteiger partial charge in [-0.1, -0.05) is 26.8 Å². The summed E-state index contributed by atoms with van der Waals surface area (Å²) in [6, 6.07) is 14.5. The lowest BCUT2D eigenvalue weighted by atomic mass is 9.70. The van der Waals surface area contributed by atoms with Crippen molar-refractivity contribution in [3.05, 3.63) is 93.4 Å². The first-order valence-electron chi connectivity index (χ1n) is 16.6. The molecule has 0 radical (unpaired) electrons. The Bertz CT molecular complexity index is 1980. The number of fused-ring (bicyclic) bond motifs is 4. The molecule has 2 aromatic carbocycles. The van der Waals surface area contributed by atoms with Gasteiger partial charge in [0.1, 0.15) is 0 Å². The molecule has 2 aromatic heterocycles. The topological polar surface area (TPSA) is 122 Å². The number of aromatic amines is 1. The molecule has 2 saturated heterocycles.